The van der Waals surface area contributed by atoms with E-state index in [2.05, 4.69) is 34.5 Å². The molecule has 0 amide bonds. The zero-order valence-electron chi connectivity index (χ0n) is 21.4. The van der Waals surface area contributed by atoms with E-state index in [1.54, 1.807) is 0 Å². The number of hydrogen-bond acceptors (Lipinski definition) is 7. The molecule has 7 heteroatoms. The maximum atomic E-state index is 12.3. The van der Waals surface area contributed by atoms with Gasteiger partial charge in [-0.15, -0.1) is 0 Å². The molecule has 2 saturated heterocycles. The minimum atomic E-state index is -0.168. The zero-order chi connectivity index (χ0) is 24.7. The van der Waals surface area contributed by atoms with E-state index in [1.807, 2.05) is 12.1 Å². The Hall–Kier alpha value is -2.64. The van der Waals surface area contributed by atoms with Crippen molar-refractivity contribution in [2.75, 3.05) is 51.8 Å². The molecule has 1 aromatic heterocycles. The molecule has 4 heterocycles. The molecular weight excluding hydrogens is 454 g/mol. The molecule has 3 aliphatic heterocycles. The number of carbonyl (C=O) groups excluding carboxylic acids is 1. The number of aryl methyl sites for hydroxylation is 2. The summed E-state index contributed by atoms with van der Waals surface area (Å²) in [6.45, 7) is 5.40. The number of esters is 1. The smallest absolute Gasteiger partial charge is 0.306 e. The number of benzene rings is 1. The maximum absolute atomic E-state index is 12.3. The third kappa shape index (κ3) is 6.56. The fraction of sp³-hybridized carbons (Fsp3) is 0.586. The Morgan fingerprint density at radius 3 is 3.08 bits per heavy atom. The highest BCUT2D eigenvalue weighted by atomic mass is 16.5. The largest absolute Gasteiger partial charge is 0.488 e. The Bertz CT molecular complexity index is 1020. The average molecular weight is 494 g/mol. The number of hydrogen-bond donors (Lipinski definition) is 1. The number of nitrogens with zero attached hydrogens (tertiary/aromatic N) is 2. The van der Waals surface area contributed by atoms with E-state index in [4.69, 9.17) is 19.2 Å². The van der Waals surface area contributed by atoms with Gasteiger partial charge in [0, 0.05) is 37.7 Å². The number of likely N-dealkylation sites (tertiary alicyclic amines) is 1. The van der Waals surface area contributed by atoms with E-state index in [-0.39, 0.29) is 18.0 Å². The lowest BCUT2D eigenvalue weighted by molar-refractivity contribution is -0.141. The molecule has 194 valence electrons. The minimum Gasteiger partial charge on any atom is -0.488 e. The number of methoxy groups -OCH3 is 1. The second-order valence-electron chi connectivity index (χ2n) is 10.4. The summed E-state index contributed by atoms with van der Waals surface area (Å²) in [5.74, 6) is 2.51. The van der Waals surface area contributed by atoms with Crippen LogP contribution in [0.4, 0.5) is 5.82 Å². The third-order valence-corrected chi connectivity index (χ3v) is 7.77. The zero-order valence-corrected chi connectivity index (χ0v) is 21.4. The summed E-state index contributed by atoms with van der Waals surface area (Å²) >= 11 is 0. The second-order valence-corrected chi connectivity index (χ2v) is 10.4. The van der Waals surface area contributed by atoms with Crippen LogP contribution in [0.3, 0.4) is 0 Å². The summed E-state index contributed by atoms with van der Waals surface area (Å²) < 4.78 is 16.6. The van der Waals surface area contributed by atoms with Gasteiger partial charge < -0.3 is 24.4 Å². The van der Waals surface area contributed by atoms with Gasteiger partial charge in [0.1, 0.15) is 17.7 Å². The van der Waals surface area contributed by atoms with E-state index in [0.717, 1.165) is 75.6 Å². The van der Waals surface area contributed by atoms with Crippen LogP contribution in [-0.2, 0) is 27.1 Å². The predicted molar refractivity (Wildman–Crippen MR) is 140 cm³/mol. The van der Waals surface area contributed by atoms with Crippen molar-refractivity contribution in [1.82, 2.24) is 9.88 Å². The van der Waals surface area contributed by atoms with Gasteiger partial charge in [0.05, 0.1) is 26.7 Å². The molecule has 3 atom stereocenters. The van der Waals surface area contributed by atoms with Crippen molar-refractivity contribution in [3.8, 4) is 5.75 Å². The lowest BCUT2D eigenvalue weighted by Crippen LogP contribution is -2.28. The van der Waals surface area contributed by atoms with Crippen LogP contribution < -0.4 is 10.1 Å². The lowest BCUT2D eigenvalue weighted by Gasteiger charge is -2.24. The molecule has 3 aliphatic rings. The predicted octanol–water partition coefficient (Wildman–Crippen LogP) is 4.21. The topological polar surface area (TPSA) is 72.9 Å². The van der Waals surface area contributed by atoms with Crippen LogP contribution >= 0.6 is 0 Å². The SMILES string of the molecule is COC(=O)CC(CN1CC[C@@H](CCc2ccc3c(n2)NCCC3)C1)c1cccc(O[C@H]2CCOC2)c1. The minimum absolute atomic E-state index is 0.0768. The van der Waals surface area contributed by atoms with Crippen LogP contribution in [0.25, 0.3) is 0 Å². The first-order valence-corrected chi connectivity index (χ1v) is 13.5. The average Bonchev–Trinajstić information content (AvgIpc) is 3.59. The Balaban J connectivity index is 1.17. The van der Waals surface area contributed by atoms with E-state index in [0.29, 0.717) is 18.9 Å². The number of ether oxygens (including phenoxy) is 3. The molecule has 0 aliphatic carbocycles. The highest BCUT2D eigenvalue weighted by molar-refractivity contribution is 5.70. The van der Waals surface area contributed by atoms with Crippen LogP contribution in [0.1, 0.15) is 54.8 Å². The van der Waals surface area contributed by atoms with Crippen molar-refractivity contribution in [3.05, 3.63) is 53.2 Å². The second kappa shape index (κ2) is 12.1. The summed E-state index contributed by atoms with van der Waals surface area (Å²) in [5, 5.41) is 3.45. The van der Waals surface area contributed by atoms with Gasteiger partial charge in [-0.2, -0.15) is 0 Å². The van der Waals surface area contributed by atoms with Crippen LogP contribution in [0.5, 0.6) is 5.75 Å². The third-order valence-electron chi connectivity index (χ3n) is 7.77. The van der Waals surface area contributed by atoms with Gasteiger partial charge in [-0.1, -0.05) is 18.2 Å². The van der Waals surface area contributed by atoms with Gasteiger partial charge in [-0.3, -0.25) is 4.79 Å². The summed E-state index contributed by atoms with van der Waals surface area (Å²) in [4.78, 5) is 19.6. The van der Waals surface area contributed by atoms with E-state index in [9.17, 15) is 4.79 Å². The normalized spacial score (nSPS) is 22.6. The number of fused-ring (bicyclic) bond motifs is 1. The summed E-state index contributed by atoms with van der Waals surface area (Å²) in [7, 11) is 1.47. The molecule has 1 aromatic carbocycles. The number of nitrogens with one attached hydrogen (secondary N) is 1. The molecule has 1 unspecified atom stereocenters. The maximum Gasteiger partial charge on any atom is 0.306 e. The Morgan fingerprint density at radius 1 is 1.28 bits per heavy atom. The highest BCUT2D eigenvalue weighted by Crippen LogP contribution is 2.30. The van der Waals surface area contributed by atoms with Gasteiger partial charge >= 0.3 is 5.97 Å². The molecule has 0 spiro atoms. The highest BCUT2D eigenvalue weighted by Gasteiger charge is 2.27. The Morgan fingerprint density at radius 2 is 2.22 bits per heavy atom. The molecule has 0 radical (unpaired) electrons. The molecule has 1 N–H and O–H groups in total. The van der Waals surface area contributed by atoms with Gasteiger partial charge in [-0.25, -0.2) is 4.98 Å². The number of rotatable bonds is 10. The fourth-order valence-electron chi connectivity index (χ4n) is 5.70. The van der Waals surface area contributed by atoms with Gasteiger partial charge in [-0.05, 0) is 73.9 Å². The summed E-state index contributed by atoms with van der Waals surface area (Å²) in [6, 6.07) is 12.7. The van der Waals surface area contributed by atoms with Crippen molar-refractivity contribution in [2.24, 2.45) is 5.92 Å². The van der Waals surface area contributed by atoms with Crippen molar-refractivity contribution < 1.29 is 19.0 Å². The molecule has 36 heavy (non-hydrogen) atoms. The van der Waals surface area contributed by atoms with Crippen LogP contribution in [0.2, 0.25) is 0 Å². The van der Waals surface area contributed by atoms with E-state index < -0.39 is 0 Å². The monoisotopic (exact) mass is 493 g/mol. The first-order chi connectivity index (χ1) is 17.7. The standard InChI is InChI=1S/C29H39N3O4/c1-34-28(33)17-24(23-4-2-6-26(16-23)36-27-12-15-35-20-27)19-32-14-11-21(18-32)7-9-25-10-8-22-5-3-13-30-29(22)31-25/h2,4,6,8,10,16,21,24,27H,3,5,7,9,11-15,17-20H2,1H3,(H,30,31)/t21-,24?,27+/m1/s1. The summed E-state index contributed by atoms with van der Waals surface area (Å²) in [5.41, 5.74) is 3.67. The molecule has 5 rings (SSSR count). The molecule has 0 saturated carbocycles. The quantitative estimate of drug-likeness (QED) is 0.497. The van der Waals surface area contributed by atoms with Crippen LogP contribution in [-0.4, -0.2) is 68.5 Å². The molecule has 2 aromatic rings. The van der Waals surface area contributed by atoms with Crippen molar-refractivity contribution >= 4 is 11.8 Å². The summed E-state index contributed by atoms with van der Waals surface area (Å²) in [6.07, 6.45) is 7.08. The number of carbonyl (C=O) groups is 1. The fourth-order valence-corrected chi connectivity index (χ4v) is 5.70. The Kier molecular flexibility index (Phi) is 8.39. The first kappa shape index (κ1) is 25.0. The molecule has 2 fully saturated rings. The van der Waals surface area contributed by atoms with Gasteiger partial charge in [0.2, 0.25) is 0 Å². The van der Waals surface area contributed by atoms with Crippen molar-refractivity contribution in [2.45, 2.75) is 57.0 Å². The van der Waals surface area contributed by atoms with Crippen LogP contribution in [0, 0.1) is 5.92 Å². The molecule has 7 nitrogen and oxygen atoms in total. The van der Waals surface area contributed by atoms with Crippen LogP contribution in [0.15, 0.2) is 36.4 Å². The Labute approximate surface area is 214 Å². The van der Waals surface area contributed by atoms with Crippen molar-refractivity contribution in [1.29, 1.82) is 0 Å². The van der Waals surface area contributed by atoms with Gasteiger partial charge in [0.15, 0.2) is 0 Å². The van der Waals surface area contributed by atoms with E-state index >= 15 is 0 Å². The number of anilines is 1. The first-order valence-electron chi connectivity index (χ1n) is 13.5. The van der Waals surface area contributed by atoms with Gasteiger partial charge in [0.25, 0.3) is 0 Å². The number of aromatic nitrogens is 1. The lowest BCUT2D eigenvalue weighted by atomic mass is 9.94. The molecule has 0 bridgehead atoms. The molecular formula is C29H39N3O4. The van der Waals surface area contributed by atoms with Crippen molar-refractivity contribution in [3.63, 3.8) is 0 Å². The number of pyridine rings is 1. The van der Waals surface area contributed by atoms with E-state index in [1.165, 1.54) is 31.2 Å².